The maximum atomic E-state index is 3.25. The summed E-state index contributed by atoms with van der Waals surface area (Å²) in [5.41, 5.74) is 0. The molecule has 1 N–H and O–H groups in total. The van der Waals surface area contributed by atoms with E-state index in [1.807, 2.05) is 7.05 Å². The molecule has 0 saturated heterocycles. The van der Waals surface area contributed by atoms with E-state index >= 15 is 0 Å². The number of hydrogen-bond donors (Lipinski definition) is 1. The minimum Gasteiger partial charge on any atom is -0.319 e. The third-order valence-electron chi connectivity index (χ3n) is 2.74. The normalized spacial score (nSPS) is 31.6. The van der Waals surface area contributed by atoms with Crippen LogP contribution >= 0.6 is 0 Å². The summed E-state index contributed by atoms with van der Waals surface area (Å²) in [5, 5.41) is 3.25. The molecule has 0 bridgehead atoms. The minimum absolute atomic E-state index is 0.841. The maximum absolute atomic E-state index is 3.25. The fourth-order valence-corrected chi connectivity index (χ4v) is 1.99. The van der Waals surface area contributed by atoms with Crippen LogP contribution < -0.4 is 5.32 Å². The van der Waals surface area contributed by atoms with Gasteiger partial charge in [0.25, 0.3) is 0 Å². The molecule has 2 nitrogen and oxygen atoms in total. The van der Waals surface area contributed by atoms with Crippen molar-refractivity contribution in [2.45, 2.75) is 25.3 Å². The number of nitrogens with one attached hydrogen (secondary N) is 1. The molecule has 0 aliphatic heterocycles. The summed E-state index contributed by atoms with van der Waals surface area (Å²) in [7, 11) is 6.42. The number of rotatable bonds is 3. The molecular formula is C9H20N2. The molecule has 0 spiro atoms. The van der Waals surface area contributed by atoms with Crippen LogP contribution in [0.15, 0.2) is 0 Å². The van der Waals surface area contributed by atoms with Gasteiger partial charge in [-0.1, -0.05) is 0 Å². The Hall–Kier alpha value is -0.0800. The summed E-state index contributed by atoms with van der Waals surface area (Å²) in [5.74, 6) is 0.924. The van der Waals surface area contributed by atoms with E-state index < -0.39 is 0 Å². The molecule has 1 rings (SSSR count). The zero-order valence-electron chi connectivity index (χ0n) is 7.93. The van der Waals surface area contributed by atoms with Gasteiger partial charge < -0.3 is 10.2 Å². The minimum atomic E-state index is 0.841. The van der Waals surface area contributed by atoms with Crippen molar-refractivity contribution in [1.82, 2.24) is 10.2 Å². The molecule has 2 unspecified atom stereocenters. The Labute approximate surface area is 70.0 Å². The summed E-state index contributed by atoms with van der Waals surface area (Å²) in [6.45, 7) is 1.20. The van der Waals surface area contributed by atoms with Gasteiger partial charge in [0.15, 0.2) is 0 Å². The van der Waals surface area contributed by atoms with Crippen LogP contribution in [0.4, 0.5) is 0 Å². The van der Waals surface area contributed by atoms with Crippen molar-refractivity contribution in [3.05, 3.63) is 0 Å². The van der Waals surface area contributed by atoms with Gasteiger partial charge in [-0.3, -0.25) is 0 Å². The van der Waals surface area contributed by atoms with Crippen molar-refractivity contribution in [2.24, 2.45) is 5.92 Å². The van der Waals surface area contributed by atoms with Gasteiger partial charge in [-0.25, -0.2) is 0 Å². The molecule has 1 saturated carbocycles. The molecule has 0 amide bonds. The Morgan fingerprint density at radius 3 is 2.55 bits per heavy atom. The topological polar surface area (TPSA) is 15.3 Å². The summed E-state index contributed by atoms with van der Waals surface area (Å²) in [6.07, 6.45) is 4.18. The molecule has 0 aromatic rings. The highest BCUT2D eigenvalue weighted by Crippen LogP contribution is 2.27. The second kappa shape index (κ2) is 4.07. The average molecular weight is 156 g/mol. The molecule has 0 aromatic carbocycles. The van der Waals surface area contributed by atoms with Gasteiger partial charge in [0.05, 0.1) is 0 Å². The Kier molecular flexibility index (Phi) is 3.34. The Bertz CT molecular complexity index is 112. The molecule has 11 heavy (non-hydrogen) atoms. The fourth-order valence-electron chi connectivity index (χ4n) is 1.99. The van der Waals surface area contributed by atoms with E-state index in [2.05, 4.69) is 24.3 Å². The highest BCUT2D eigenvalue weighted by Gasteiger charge is 2.24. The first kappa shape index (κ1) is 9.01. The molecule has 1 fully saturated rings. The first-order valence-corrected chi connectivity index (χ1v) is 4.55. The summed E-state index contributed by atoms with van der Waals surface area (Å²) < 4.78 is 0. The lowest BCUT2D eigenvalue weighted by Crippen LogP contribution is -2.26. The molecular weight excluding hydrogens is 136 g/mol. The molecule has 66 valence electrons. The predicted molar refractivity (Wildman–Crippen MR) is 48.7 cm³/mol. The van der Waals surface area contributed by atoms with Crippen molar-refractivity contribution in [2.75, 3.05) is 27.7 Å². The van der Waals surface area contributed by atoms with Crippen LogP contribution in [0.5, 0.6) is 0 Å². The number of hydrogen-bond acceptors (Lipinski definition) is 2. The lowest BCUT2D eigenvalue weighted by atomic mass is 10.1. The second-order valence-electron chi connectivity index (χ2n) is 3.85. The van der Waals surface area contributed by atoms with Crippen LogP contribution in [0.1, 0.15) is 19.3 Å². The van der Waals surface area contributed by atoms with Crippen LogP contribution in [0.25, 0.3) is 0 Å². The Morgan fingerprint density at radius 2 is 2.09 bits per heavy atom. The van der Waals surface area contributed by atoms with E-state index in [1.165, 1.54) is 25.8 Å². The van der Waals surface area contributed by atoms with Crippen molar-refractivity contribution < 1.29 is 0 Å². The van der Waals surface area contributed by atoms with Crippen LogP contribution in [-0.2, 0) is 0 Å². The highest BCUT2D eigenvalue weighted by atomic mass is 15.1. The van der Waals surface area contributed by atoms with Gasteiger partial charge >= 0.3 is 0 Å². The van der Waals surface area contributed by atoms with E-state index in [1.54, 1.807) is 0 Å². The summed E-state index contributed by atoms with van der Waals surface area (Å²) >= 11 is 0. The van der Waals surface area contributed by atoms with E-state index in [4.69, 9.17) is 0 Å². The van der Waals surface area contributed by atoms with Crippen molar-refractivity contribution >= 4 is 0 Å². The highest BCUT2D eigenvalue weighted by molar-refractivity contribution is 4.80. The second-order valence-corrected chi connectivity index (χ2v) is 3.85. The quantitative estimate of drug-likeness (QED) is 0.654. The predicted octanol–water partition coefficient (Wildman–Crippen LogP) is 0.936. The summed E-state index contributed by atoms with van der Waals surface area (Å²) in [6, 6.07) is 0.841. The number of nitrogens with zero attached hydrogens (tertiary/aromatic N) is 1. The van der Waals surface area contributed by atoms with Gasteiger partial charge in [0, 0.05) is 6.04 Å². The maximum Gasteiger partial charge on any atom is 0.00923 e. The van der Waals surface area contributed by atoms with Gasteiger partial charge in [-0.15, -0.1) is 0 Å². The van der Waals surface area contributed by atoms with Crippen molar-refractivity contribution in [3.8, 4) is 0 Å². The molecule has 0 radical (unpaired) electrons. The Morgan fingerprint density at radius 1 is 1.36 bits per heavy atom. The van der Waals surface area contributed by atoms with Gasteiger partial charge in [0.1, 0.15) is 0 Å². The average Bonchev–Trinajstić information content (AvgIpc) is 2.37. The lowest BCUT2D eigenvalue weighted by molar-refractivity contribution is 0.290. The van der Waals surface area contributed by atoms with Gasteiger partial charge in [0.2, 0.25) is 0 Å². The van der Waals surface area contributed by atoms with Crippen LogP contribution in [-0.4, -0.2) is 38.6 Å². The zero-order valence-corrected chi connectivity index (χ0v) is 7.93. The van der Waals surface area contributed by atoms with Gasteiger partial charge in [-0.05, 0) is 52.9 Å². The largest absolute Gasteiger partial charge is 0.319 e. The van der Waals surface area contributed by atoms with Crippen LogP contribution in [0.2, 0.25) is 0 Å². The zero-order chi connectivity index (χ0) is 8.27. The molecule has 1 aliphatic rings. The third kappa shape index (κ3) is 2.46. The molecule has 1 aliphatic carbocycles. The third-order valence-corrected chi connectivity index (χ3v) is 2.74. The fraction of sp³-hybridized carbons (Fsp3) is 1.00. The van der Waals surface area contributed by atoms with Crippen molar-refractivity contribution in [1.29, 1.82) is 0 Å². The Balaban J connectivity index is 2.23. The van der Waals surface area contributed by atoms with E-state index in [0.717, 1.165) is 12.0 Å². The molecule has 0 heterocycles. The lowest BCUT2D eigenvalue weighted by Gasteiger charge is -2.18. The van der Waals surface area contributed by atoms with Crippen LogP contribution in [0.3, 0.4) is 0 Å². The first-order chi connectivity index (χ1) is 5.24. The van der Waals surface area contributed by atoms with Crippen molar-refractivity contribution in [3.63, 3.8) is 0 Å². The van der Waals surface area contributed by atoms with E-state index in [9.17, 15) is 0 Å². The smallest absolute Gasteiger partial charge is 0.00923 e. The first-order valence-electron chi connectivity index (χ1n) is 4.55. The van der Waals surface area contributed by atoms with Gasteiger partial charge in [-0.2, -0.15) is 0 Å². The van der Waals surface area contributed by atoms with E-state index in [-0.39, 0.29) is 0 Å². The molecule has 0 aromatic heterocycles. The molecule has 2 atom stereocenters. The van der Waals surface area contributed by atoms with E-state index in [0.29, 0.717) is 0 Å². The standard InChI is InChI=1S/C9H20N2/c1-10-7-8-4-5-9(6-8)11(2)3/h8-10H,4-7H2,1-3H3. The molecule has 2 heteroatoms. The SMILES string of the molecule is CNCC1CCC(N(C)C)C1. The summed E-state index contributed by atoms with van der Waals surface area (Å²) in [4.78, 5) is 2.36. The monoisotopic (exact) mass is 156 g/mol. The van der Waals surface area contributed by atoms with Crippen LogP contribution in [0, 0.1) is 5.92 Å².